The van der Waals surface area contributed by atoms with E-state index in [-0.39, 0.29) is 65.0 Å². The fourth-order valence-electron chi connectivity index (χ4n) is 0. The molecule has 0 radical (unpaired) electrons. The van der Waals surface area contributed by atoms with Gasteiger partial charge in [-0.1, -0.05) is 0 Å². The van der Waals surface area contributed by atoms with Gasteiger partial charge < -0.3 is 11.0 Å². The monoisotopic (exact) mass is 121 g/mol. The van der Waals surface area contributed by atoms with E-state index in [1.807, 2.05) is 0 Å². The molecule has 0 aliphatic carbocycles. The predicted octanol–water partition coefficient (Wildman–Crippen LogP) is -3.12. The third-order valence-electron chi connectivity index (χ3n) is 0. The molecule has 0 saturated heterocycles. The molecule has 0 unspecified atom stereocenters. The van der Waals surface area contributed by atoms with Crippen LogP contribution in [-0.4, -0.2) is 0 Å². The SMILES string of the molecule is S.[Li+].[O-2].[O-2].[Ti+4]. The molecule has 0 aliphatic heterocycles. The van der Waals surface area contributed by atoms with Gasteiger partial charge in [-0.2, -0.15) is 13.5 Å². The van der Waals surface area contributed by atoms with Crippen LogP contribution in [0.2, 0.25) is 0 Å². The van der Waals surface area contributed by atoms with Crippen LogP contribution in [0.3, 0.4) is 0 Å². The summed E-state index contributed by atoms with van der Waals surface area (Å²) in [6.45, 7) is 0. The van der Waals surface area contributed by atoms with Gasteiger partial charge in [-0.15, -0.1) is 0 Å². The van der Waals surface area contributed by atoms with Crippen LogP contribution >= 0.6 is 13.5 Å². The van der Waals surface area contributed by atoms with Crippen LogP contribution in [-0.2, 0) is 32.7 Å². The smallest absolute Gasteiger partial charge is 2.00 e. The summed E-state index contributed by atoms with van der Waals surface area (Å²) in [6.07, 6.45) is 0. The number of hydrogen-bond donors (Lipinski definition) is 0. The van der Waals surface area contributed by atoms with Gasteiger partial charge in [0.2, 0.25) is 0 Å². The fourth-order valence-corrected chi connectivity index (χ4v) is 0. The summed E-state index contributed by atoms with van der Waals surface area (Å²) in [5.74, 6) is 0. The van der Waals surface area contributed by atoms with Crippen molar-refractivity contribution in [2.45, 2.75) is 0 Å². The molecule has 0 aliphatic rings. The van der Waals surface area contributed by atoms with E-state index in [1.165, 1.54) is 0 Å². The van der Waals surface area contributed by atoms with Gasteiger partial charge in [0.15, 0.2) is 0 Å². The molecular weight excluding hydrogens is 119 g/mol. The van der Waals surface area contributed by atoms with Crippen LogP contribution in [0.4, 0.5) is 0 Å². The second-order valence-electron chi connectivity index (χ2n) is 0. The van der Waals surface area contributed by atoms with Crippen molar-refractivity contribution < 1.29 is 51.5 Å². The van der Waals surface area contributed by atoms with E-state index in [1.54, 1.807) is 0 Å². The zero-order valence-corrected chi connectivity index (χ0v) is 5.38. The van der Waals surface area contributed by atoms with Gasteiger partial charge in [0.1, 0.15) is 0 Å². The largest absolute Gasteiger partial charge is 4.00 e. The second-order valence-corrected chi connectivity index (χ2v) is 0. The van der Waals surface area contributed by atoms with Gasteiger partial charge in [0, 0.05) is 0 Å². The maximum atomic E-state index is 0. The van der Waals surface area contributed by atoms with Crippen LogP contribution in [0.15, 0.2) is 0 Å². The van der Waals surface area contributed by atoms with Gasteiger partial charge in [-0.3, -0.25) is 0 Å². The Hall–Kier alpha value is 1.58. The molecule has 0 amide bonds. The maximum absolute atomic E-state index is 0. The van der Waals surface area contributed by atoms with Crippen LogP contribution in [0.5, 0.6) is 0 Å². The first kappa shape index (κ1) is 82.0. The summed E-state index contributed by atoms with van der Waals surface area (Å²) in [4.78, 5) is 0. The molecule has 2 nitrogen and oxygen atoms in total. The minimum atomic E-state index is 0. The quantitative estimate of drug-likeness (QED) is 0.304. The van der Waals surface area contributed by atoms with Crippen molar-refractivity contribution >= 4 is 13.5 Å². The van der Waals surface area contributed by atoms with E-state index >= 15 is 0 Å². The molecule has 0 N–H and O–H groups in total. The summed E-state index contributed by atoms with van der Waals surface area (Å²) >= 11 is 0. The summed E-state index contributed by atoms with van der Waals surface area (Å²) in [6, 6.07) is 0. The molecule has 0 bridgehead atoms. The predicted molar refractivity (Wildman–Crippen MR) is 11.8 cm³/mol. The molecule has 0 atom stereocenters. The fraction of sp³-hybridized carbons (Fsp3) is 0. The zero-order chi connectivity index (χ0) is 0. The topological polar surface area (TPSA) is 57.0 Å². The van der Waals surface area contributed by atoms with E-state index in [0.717, 1.165) is 0 Å². The van der Waals surface area contributed by atoms with Gasteiger partial charge >= 0.3 is 40.6 Å². The Morgan fingerprint density at radius 2 is 0.800 bits per heavy atom. The normalized spacial score (nSPS) is 0. The average molecular weight is 121 g/mol. The molecule has 0 spiro atoms. The maximum Gasteiger partial charge on any atom is 4.00 e. The zero-order valence-electron chi connectivity index (χ0n) is 2.82. The van der Waals surface area contributed by atoms with Crippen molar-refractivity contribution in [1.82, 2.24) is 0 Å². The Kier molecular flexibility index (Phi) is 768. The first-order chi connectivity index (χ1) is 0. The van der Waals surface area contributed by atoms with Gasteiger partial charge in [-0.25, -0.2) is 0 Å². The molecule has 0 aromatic carbocycles. The van der Waals surface area contributed by atoms with Gasteiger partial charge in [-0.05, 0) is 0 Å². The van der Waals surface area contributed by atoms with E-state index < -0.39 is 0 Å². The van der Waals surface area contributed by atoms with Crippen LogP contribution in [0, 0.1) is 0 Å². The third-order valence-corrected chi connectivity index (χ3v) is 0. The molecular formula is H2LiO2STi+. The first-order valence-electron chi connectivity index (χ1n) is 0. The number of hydrogen-bond acceptors (Lipinski definition) is 0. The standard InChI is InChI=1S/Li.2O.H2S.Ti/h;;;1H2;/q+1;2*-2;;+4. The Morgan fingerprint density at radius 3 is 0.800 bits per heavy atom. The van der Waals surface area contributed by atoms with Crippen molar-refractivity contribution in [2.75, 3.05) is 0 Å². The molecule has 0 heterocycles. The van der Waals surface area contributed by atoms with Crippen molar-refractivity contribution in [2.24, 2.45) is 0 Å². The van der Waals surface area contributed by atoms with Gasteiger partial charge in [0.05, 0.1) is 0 Å². The Morgan fingerprint density at radius 1 is 0.800 bits per heavy atom. The molecule has 0 fully saturated rings. The third kappa shape index (κ3) is 28.6. The summed E-state index contributed by atoms with van der Waals surface area (Å²) in [7, 11) is 0. The van der Waals surface area contributed by atoms with Crippen LogP contribution in [0.25, 0.3) is 0 Å². The molecule has 5 heteroatoms. The molecule has 5 heavy (non-hydrogen) atoms. The summed E-state index contributed by atoms with van der Waals surface area (Å²) < 4.78 is 0. The Balaban J connectivity index is 0. The van der Waals surface area contributed by atoms with Crippen molar-refractivity contribution in [3.05, 3.63) is 0 Å². The minimum absolute atomic E-state index is 0. The molecule has 0 aromatic rings. The molecule has 24 valence electrons. The summed E-state index contributed by atoms with van der Waals surface area (Å²) in [5, 5.41) is 0. The van der Waals surface area contributed by atoms with Crippen molar-refractivity contribution in [1.29, 1.82) is 0 Å². The average Bonchev–Trinajstić information content (AvgIpc) is 0. The van der Waals surface area contributed by atoms with Crippen LogP contribution in [0.1, 0.15) is 0 Å². The Labute approximate surface area is 64.8 Å². The number of rotatable bonds is 0. The molecule has 0 rings (SSSR count). The minimum Gasteiger partial charge on any atom is -2.00 e. The molecule has 0 saturated carbocycles. The van der Waals surface area contributed by atoms with Crippen molar-refractivity contribution in [3.63, 3.8) is 0 Å². The van der Waals surface area contributed by atoms with E-state index in [4.69, 9.17) is 0 Å². The van der Waals surface area contributed by atoms with Crippen LogP contribution < -0.4 is 18.9 Å². The van der Waals surface area contributed by atoms with E-state index in [0.29, 0.717) is 0 Å². The Bertz CT molecular complexity index is 9.61. The van der Waals surface area contributed by atoms with E-state index in [2.05, 4.69) is 0 Å². The second kappa shape index (κ2) is 46.8. The van der Waals surface area contributed by atoms with Gasteiger partial charge in [0.25, 0.3) is 0 Å². The molecule has 0 aromatic heterocycles. The summed E-state index contributed by atoms with van der Waals surface area (Å²) in [5.41, 5.74) is 0. The first-order valence-corrected chi connectivity index (χ1v) is 0. The van der Waals surface area contributed by atoms with Crippen molar-refractivity contribution in [3.8, 4) is 0 Å². The van der Waals surface area contributed by atoms with E-state index in [9.17, 15) is 0 Å².